The minimum Gasteiger partial charge on any atom is -0.390 e. The summed E-state index contributed by atoms with van der Waals surface area (Å²) < 4.78 is 11.3. The van der Waals surface area contributed by atoms with Crippen LogP contribution in [0.3, 0.4) is 0 Å². The molecular formula is C15H28O4. The lowest BCUT2D eigenvalue weighted by molar-refractivity contribution is -0.241. The Bertz CT molecular complexity index is 277. The van der Waals surface area contributed by atoms with E-state index in [9.17, 15) is 9.90 Å². The first-order chi connectivity index (χ1) is 8.91. The first-order valence-electron chi connectivity index (χ1n) is 7.39. The van der Waals surface area contributed by atoms with Crippen LogP contribution in [0.2, 0.25) is 0 Å². The Labute approximate surface area is 116 Å². The highest BCUT2D eigenvalue weighted by Crippen LogP contribution is 2.25. The van der Waals surface area contributed by atoms with Crippen molar-refractivity contribution < 1.29 is 19.4 Å². The average molecular weight is 272 g/mol. The molecule has 4 nitrogen and oxygen atoms in total. The molecule has 2 unspecified atom stereocenters. The van der Waals surface area contributed by atoms with Crippen molar-refractivity contribution in [3.05, 3.63) is 0 Å². The second-order valence-corrected chi connectivity index (χ2v) is 5.94. The molecule has 1 aliphatic rings. The van der Waals surface area contributed by atoms with E-state index in [2.05, 4.69) is 0 Å². The minimum atomic E-state index is -0.390. The number of aliphatic hydroxyl groups excluding tert-OH is 1. The molecule has 4 atom stereocenters. The van der Waals surface area contributed by atoms with Crippen LogP contribution in [0.25, 0.3) is 0 Å². The molecule has 0 aromatic heterocycles. The molecule has 0 aliphatic carbocycles. The van der Waals surface area contributed by atoms with Gasteiger partial charge in [0.2, 0.25) is 0 Å². The largest absolute Gasteiger partial charge is 0.390 e. The molecule has 1 rings (SSSR count). The maximum absolute atomic E-state index is 11.4. The average Bonchev–Trinajstić information content (AvgIpc) is 2.34. The van der Waals surface area contributed by atoms with E-state index < -0.39 is 6.10 Å². The molecule has 1 heterocycles. The van der Waals surface area contributed by atoms with Gasteiger partial charge in [-0.2, -0.15) is 0 Å². The summed E-state index contributed by atoms with van der Waals surface area (Å²) in [5.41, 5.74) is 0. The zero-order valence-corrected chi connectivity index (χ0v) is 12.6. The van der Waals surface area contributed by atoms with Gasteiger partial charge in [-0.3, -0.25) is 4.79 Å². The van der Waals surface area contributed by atoms with Crippen LogP contribution in [0.4, 0.5) is 0 Å². The second kappa shape index (κ2) is 7.98. The number of ketones is 1. The first kappa shape index (κ1) is 16.6. The van der Waals surface area contributed by atoms with E-state index in [1.165, 1.54) is 0 Å². The fourth-order valence-corrected chi connectivity index (χ4v) is 2.21. The summed E-state index contributed by atoms with van der Waals surface area (Å²) in [5, 5.41) is 9.67. The Balaban J connectivity index is 2.14. The summed E-state index contributed by atoms with van der Waals surface area (Å²) in [4.78, 5) is 11.4. The van der Waals surface area contributed by atoms with Crippen molar-refractivity contribution in [3.8, 4) is 0 Å². The number of carbonyl (C=O) groups excluding carboxylic acids is 1. The first-order valence-corrected chi connectivity index (χ1v) is 7.39. The number of rotatable bonds is 7. The molecule has 0 bridgehead atoms. The molecule has 112 valence electrons. The number of unbranched alkanes of at least 4 members (excludes halogenated alkanes) is 1. The standard InChI is InChI=1S/C15H28O4/c1-10(2)13(16)7-5-6-8-18-15-11(3)9-14(17)12(4)19-15/h10-12,14-15,17H,5-9H2,1-4H3/t11?,12?,14-,15-/m1/s1. The second-order valence-electron chi connectivity index (χ2n) is 5.94. The SMILES string of the molecule is CC(C)C(=O)CCCCO[C@@H]1OC(C)[C@H](O)CC1C. The summed E-state index contributed by atoms with van der Waals surface area (Å²) in [7, 11) is 0. The lowest BCUT2D eigenvalue weighted by Crippen LogP contribution is -2.43. The van der Waals surface area contributed by atoms with Gasteiger partial charge in [-0.25, -0.2) is 0 Å². The summed E-state index contributed by atoms with van der Waals surface area (Å²) >= 11 is 0. The lowest BCUT2D eigenvalue weighted by atomic mass is 9.97. The van der Waals surface area contributed by atoms with Gasteiger partial charge in [0.05, 0.1) is 12.2 Å². The van der Waals surface area contributed by atoms with Crippen molar-refractivity contribution in [3.63, 3.8) is 0 Å². The molecule has 0 aromatic rings. The van der Waals surface area contributed by atoms with Gasteiger partial charge in [0.15, 0.2) is 6.29 Å². The predicted octanol–water partition coefficient (Wildman–Crippen LogP) is 2.53. The van der Waals surface area contributed by atoms with E-state index in [-0.39, 0.29) is 24.2 Å². The van der Waals surface area contributed by atoms with Crippen molar-refractivity contribution in [2.45, 2.75) is 71.9 Å². The molecule has 1 aliphatic heterocycles. The van der Waals surface area contributed by atoms with Crippen molar-refractivity contribution in [2.24, 2.45) is 11.8 Å². The van der Waals surface area contributed by atoms with Gasteiger partial charge < -0.3 is 14.6 Å². The molecule has 1 fully saturated rings. The van der Waals surface area contributed by atoms with E-state index in [0.29, 0.717) is 18.8 Å². The number of carbonyl (C=O) groups is 1. The third-order valence-corrected chi connectivity index (χ3v) is 3.71. The van der Waals surface area contributed by atoms with Gasteiger partial charge in [0, 0.05) is 24.9 Å². The Hall–Kier alpha value is -0.450. The van der Waals surface area contributed by atoms with E-state index in [4.69, 9.17) is 9.47 Å². The van der Waals surface area contributed by atoms with Gasteiger partial charge in [-0.1, -0.05) is 20.8 Å². The predicted molar refractivity (Wildman–Crippen MR) is 73.8 cm³/mol. The number of aliphatic hydroxyl groups is 1. The van der Waals surface area contributed by atoms with Crippen LogP contribution in [0.1, 0.15) is 53.4 Å². The van der Waals surface area contributed by atoms with Crippen LogP contribution in [-0.4, -0.2) is 36.0 Å². The van der Waals surface area contributed by atoms with Gasteiger partial charge in [0.25, 0.3) is 0 Å². The molecule has 0 aromatic carbocycles. The molecule has 19 heavy (non-hydrogen) atoms. The van der Waals surface area contributed by atoms with Gasteiger partial charge >= 0.3 is 0 Å². The summed E-state index contributed by atoms with van der Waals surface area (Å²) in [6, 6.07) is 0. The van der Waals surface area contributed by atoms with Gasteiger partial charge in [0.1, 0.15) is 5.78 Å². The van der Waals surface area contributed by atoms with Crippen LogP contribution in [0, 0.1) is 11.8 Å². The number of hydrogen-bond donors (Lipinski definition) is 1. The third kappa shape index (κ3) is 5.59. The van der Waals surface area contributed by atoms with Gasteiger partial charge in [-0.05, 0) is 26.2 Å². The fraction of sp³-hybridized carbons (Fsp3) is 0.933. The molecule has 0 amide bonds. The highest BCUT2D eigenvalue weighted by Gasteiger charge is 2.32. The van der Waals surface area contributed by atoms with E-state index in [1.807, 2.05) is 27.7 Å². The molecule has 4 heteroatoms. The maximum atomic E-state index is 11.4. The summed E-state index contributed by atoms with van der Waals surface area (Å²) in [6.07, 6.45) is 2.33. The topological polar surface area (TPSA) is 55.8 Å². The Morgan fingerprint density at radius 3 is 2.68 bits per heavy atom. The van der Waals surface area contributed by atoms with Gasteiger partial charge in [-0.15, -0.1) is 0 Å². The van der Waals surface area contributed by atoms with E-state index in [0.717, 1.165) is 19.3 Å². The highest BCUT2D eigenvalue weighted by molar-refractivity contribution is 5.80. The lowest BCUT2D eigenvalue weighted by Gasteiger charge is -2.36. The summed E-state index contributed by atoms with van der Waals surface area (Å²) in [6.45, 7) is 8.38. The van der Waals surface area contributed by atoms with Crippen LogP contribution in [-0.2, 0) is 14.3 Å². The quantitative estimate of drug-likeness (QED) is 0.724. The van der Waals surface area contributed by atoms with Crippen LogP contribution in [0.15, 0.2) is 0 Å². The Morgan fingerprint density at radius 1 is 1.37 bits per heavy atom. The van der Waals surface area contributed by atoms with Crippen molar-refractivity contribution in [1.82, 2.24) is 0 Å². The summed E-state index contributed by atoms with van der Waals surface area (Å²) in [5.74, 6) is 0.660. The van der Waals surface area contributed by atoms with Crippen LogP contribution < -0.4 is 0 Å². The zero-order chi connectivity index (χ0) is 14.4. The number of ether oxygens (including phenoxy) is 2. The minimum absolute atomic E-state index is 0.130. The Morgan fingerprint density at radius 2 is 2.05 bits per heavy atom. The molecular weight excluding hydrogens is 244 g/mol. The monoisotopic (exact) mass is 272 g/mol. The number of hydrogen-bond acceptors (Lipinski definition) is 4. The van der Waals surface area contributed by atoms with Crippen molar-refractivity contribution >= 4 is 5.78 Å². The molecule has 0 spiro atoms. The maximum Gasteiger partial charge on any atom is 0.160 e. The Kier molecular flexibility index (Phi) is 6.97. The van der Waals surface area contributed by atoms with Crippen LogP contribution in [0.5, 0.6) is 0 Å². The smallest absolute Gasteiger partial charge is 0.160 e. The fourth-order valence-electron chi connectivity index (χ4n) is 2.21. The molecule has 0 radical (unpaired) electrons. The van der Waals surface area contributed by atoms with Crippen LogP contribution >= 0.6 is 0 Å². The third-order valence-electron chi connectivity index (χ3n) is 3.71. The molecule has 0 saturated carbocycles. The van der Waals surface area contributed by atoms with E-state index >= 15 is 0 Å². The molecule has 1 saturated heterocycles. The molecule has 1 N–H and O–H groups in total. The van der Waals surface area contributed by atoms with E-state index in [1.54, 1.807) is 0 Å². The number of Topliss-reactive ketones (excluding diaryl/α,β-unsaturated/α-hetero) is 1. The zero-order valence-electron chi connectivity index (χ0n) is 12.6. The normalized spacial score (nSPS) is 31.7. The van der Waals surface area contributed by atoms with Crippen molar-refractivity contribution in [1.29, 1.82) is 0 Å². The highest BCUT2D eigenvalue weighted by atomic mass is 16.7. The van der Waals surface area contributed by atoms with Crippen molar-refractivity contribution in [2.75, 3.05) is 6.61 Å².